The van der Waals surface area contributed by atoms with Crippen LogP contribution < -0.4 is 49.5 Å². The van der Waals surface area contributed by atoms with Crippen molar-refractivity contribution in [2.24, 2.45) is 27.9 Å². The minimum absolute atomic E-state index is 0.0356. The monoisotopic (exact) mass is 929 g/mol. The lowest BCUT2D eigenvalue weighted by atomic mass is 10.0. The number of amides is 6. The lowest BCUT2D eigenvalue weighted by Crippen LogP contribution is -2.59. The Morgan fingerprint density at radius 3 is 1.79 bits per heavy atom. The third-order valence-electron chi connectivity index (χ3n) is 11.1. The summed E-state index contributed by atoms with van der Waals surface area (Å²) >= 11 is 0. The summed E-state index contributed by atoms with van der Waals surface area (Å²) in [5.41, 5.74) is 24.7. The van der Waals surface area contributed by atoms with E-state index in [0.29, 0.717) is 36.9 Å². The fourth-order valence-corrected chi connectivity index (χ4v) is 7.49. The Balaban J connectivity index is 1.53. The third kappa shape index (κ3) is 17.6. The first-order valence-corrected chi connectivity index (χ1v) is 22.2. The fourth-order valence-electron chi connectivity index (χ4n) is 7.49. The number of phenolic OH excluding ortho intramolecular Hbond substituents is 2. The molecule has 0 spiro atoms. The SMILES string of the molecule is NCCCC[C@H](NC(=O)[C@@H](N)Cc1ccccc1)C(=O)NCC(=O)N[C@@H](CCCN=C(N)N)C(=O)N[C@@H](Cc1ccc(O)cc1)C(=O)N[C@@H](Cc1ccc(O)cc1)C(=O)N1CCC[C@H]1C(=O)O. The topological polar surface area (TPSA) is 360 Å². The van der Waals surface area contributed by atoms with Gasteiger partial charge in [-0.05, 0) is 98.9 Å². The molecule has 21 nitrogen and oxygen atoms in total. The molecular weight excluding hydrogens is 867 g/mol. The van der Waals surface area contributed by atoms with Crippen LogP contribution in [-0.2, 0) is 52.8 Å². The molecular formula is C46H63N11O10. The second-order valence-corrected chi connectivity index (χ2v) is 16.3. The summed E-state index contributed by atoms with van der Waals surface area (Å²) in [5.74, 6) is -5.84. The molecule has 4 rings (SSSR count). The number of carboxylic acid groups (broad SMARTS) is 1. The highest BCUT2D eigenvalue weighted by Crippen LogP contribution is 2.21. The Bertz CT molecular complexity index is 2160. The first kappa shape index (κ1) is 52.4. The molecule has 3 aromatic rings. The Morgan fingerprint density at radius 1 is 0.657 bits per heavy atom. The molecule has 6 amide bonds. The summed E-state index contributed by atoms with van der Waals surface area (Å²) < 4.78 is 0. The average molecular weight is 930 g/mol. The number of carbonyl (C=O) groups is 7. The molecule has 16 N–H and O–H groups in total. The van der Waals surface area contributed by atoms with E-state index in [1.807, 2.05) is 30.3 Å². The molecule has 0 saturated carbocycles. The molecule has 0 unspecified atom stereocenters. The fraction of sp³-hybridized carbons (Fsp3) is 0.435. The summed E-state index contributed by atoms with van der Waals surface area (Å²) in [5, 5.41) is 42.9. The lowest BCUT2D eigenvalue weighted by molar-refractivity contribution is -0.149. The van der Waals surface area contributed by atoms with Gasteiger partial charge in [0.1, 0.15) is 41.7 Å². The molecule has 1 saturated heterocycles. The number of rotatable bonds is 26. The number of carbonyl (C=O) groups excluding carboxylic acids is 6. The number of nitrogens with one attached hydrogen (secondary N) is 5. The molecule has 362 valence electrons. The van der Waals surface area contributed by atoms with Gasteiger partial charge in [-0.25, -0.2) is 4.79 Å². The van der Waals surface area contributed by atoms with E-state index in [0.717, 1.165) is 5.56 Å². The van der Waals surface area contributed by atoms with E-state index in [1.54, 1.807) is 12.1 Å². The molecule has 0 radical (unpaired) electrons. The molecule has 1 aliphatic rings. The third-order valence-corrected chi connectivity index (χ3v) is 11.1. The van der Waals surface area contributed by atoms with E-state index in [2.05, 4.69) is 31.6 Å². The maximum atomic E-state index is 14.3. The molecule has 67 heavy (non-hydrogen) atoms. The molecule has 1 aliphatic heterocycles. The van der Waals surface area contributed by atoms with Crippen LogP contribution in [0.2, 0.25) is 0 Å². The summed E-state index contributed by atoms with van der Waals surface area (Å²) in [6, 6.07) is 13.7. The van der Waals surface area contributed by atoms with E-state index in [9.17, 15) is 48.9 Å². The first-order valence-electron chi connectivity index (χ1n) is 22.2. The van der Waals surface area contributed by atoms with Crippen molar-refractivity contribution in [2.45, 2.75) is 100 Å². The number of nitrogens with two attached hydrogens (primary N) is 4. The van der Waals surface area contributed by atoms with Crippen LogP contribution in [0.4, 0.5) is 0 Å². The number of aliphatic imine (C=N–C) groups is 1. The zero-order valence-electron chi connectivity index (χ0n) is 37.3. The van der Waals surface area contributed by atoms with Gasteiger partial charge in [0.15, 0.2) is 5.96 Å². The molecule has 3 aromatic carbocycles. The number of hydrogen-bond donors (Lipinski definition) is 12. The second kappa shape index (κ2) is 26.6. The first-order chi connectivity index (χ1) is 32.0. The predicted octanol–water partition coefficient (Wildman–Crippen LogP) is -1.23. The van der Waals surface area contributed by atoms with Crippen LogP contribution >= 0.6 is 0 Å². The van der Waals surface area contributed by atoms with Crippen LogP contribution in [-0.4, -0.2) is 130 Å². The van der Waals surface area contributed by atoms with Crippen molar-refractivity contribution < 1.29 is 48.9 Å². The van der Waals surface area contributed by atoms with Crippen molar-refractivity contribution in [3.8, 4) is 11.5 Å². The van der Waals surface area contributed by atoms with Gasteiger partial charge in [-0.3, -0.25) is 33.8 Å². The molecule has 1 heterocycles. The van der Waals surface area contributed by atoms with Crippen LogP contribution in [0.1, 0.15) is 61.6 Å². The minimum atomic E-state index is -1.40. The maximum Gasteiger partial charge on any atom is 0.326 e. The van der Waals surface area contributed by atoms with Gasteiger partial charge in [0.25, 0.3) is 0 Å². The summed E-state index contributed by atoms with van der Waals surface area (Å²) in [4.78, 5) is 99.8. The molecule has 0 aliphatic carbocycles. The second-order valence-electron chi connectivity index (χ2n) is 16.3. The lowest BCUT2D eigenvalue weighted by Gasteiger charge is -2.29. The standard InChI is InChI=1S/C46H63N11O10/c47-21-5-4-10-34(54-40(61)33(48)24-28-8-2-1-3-9-28)41(62)52-27-39(60)53-35(11-6-22-51-46(49)50)42(63)55-36(25-29-13-17-31(58)18-14-29)43(64)56-37(26-30-15-19-32(59)20-16-30)44(65)57-23-7-12-38(57)45(66)67/h1-3,8-9,13-20,33-38,58-59H,4-7,10-12,21-27,47-48H2,(H,52,62)(H,53,60)(H,54,61)(H,55,63)(H,56,64)(H,66,67)(H4,49,50,51)/t33-,34-,35-,36-,37-,38-/m0/s1. The van der Waals surface area contributed by atoms with Crippen molar-refractivity contribution in [1.29, 1.82) is 0 Å². The number of guanidine groups is 1. The van der Waals surface area contributed by atoms with Gasteiger partial charge in [0.2, 0.25) is 35.4 Å². The van der Waals surface area contributed by atoms with E-state index in [1.165, 1.54) is 41.3 Å². The number of unbranched alkanes of at least 4 members (excludes halogenated alkanes) is 1. The molecule has 6 atom stereocenters. The zero-order valence-corrected chi connectivity index (χ0v) is 37.3. The number of phenols is 2. The van der Waals surface area contributed by atoms with Gasteiger partial charge >= 0.3 is 5.97 Å². The number of aromatic hydroxyl groups is 2. The van der Waals surface area contributed by atoms with E-state index < -0.39 is 84.2 Å². The van der Waals surface area contributed by atoms with Gasteiger partial charge in [-0.1, -0.05) is 54.6 Å². The molecule has 21 heteroatoms. The number of benzene rings is 3. The van der Waals surface area contributed by atoms with Crippen LogP contribution in [0.5, 0.6) is 11.5 Å². The Kier molecular flexibility index (Phi) is 20.8. The average Bonchev–Trinajstić information content (AvgIpc) is 3.81. The Hall–Kier alpha value is -7.26. The smallest absolute Gasteiger partial charge is 0.326 e. The van der Waals surface area contributed by atoms with Crippen molar-refractivity contribution >= 4 is 47.4 Å². The highest BCUT2D eigenvalue weighted by Gasteiger charge is 2.39. The van der Waals surface area contributed by atoms with E-state index in [4.69, 9.17) is 22.9 Å². The van der Waals surface area contributed by atoms with Gasteiger partial charge in [-0.15, -0.1) is 0 Å². The number of aliphatic carboxylic acids is 1. The van der Waals surface area contributed by atoms with Gasteiger partial charge < -0.3 is 69.7 Å². The van der Waals surface area contributed by atoms with Crippen LogP contribution in [0.15, 0.2) is 83.9 Å². The van der Waals surface area contributed by atoms with Crippen molar-refractivity contribution in [3.63, 3.8) is 0 Å². The summed E-state index contributed by atoms with van der Waals surface area (Å²) in [6.07, 6.45) is 2.01. The van der Waals surface area contributed by atoms with Crippen molar-refractivity contribution in [3.05, 3.63) is 95.6 Å². The largest absolute Gasteiger partial charge is 0.508 e. The van der Waals surface area contributed by atoms with Crippen LogP contribution in [0.3, 0.4) is 0 Å². The van der Waals surface area contributed by atoms with Gasteiger partial charge in [-0.2, -0.15) is 0 Å². The molecule has 0 aromatic heterocycles. The quantitative estimate of drug-likeness (QED) is 0.0255. The van der Waals surface area contributed by atoms with Crippen LogP contribution in [0, 0.1) is 0 Å². The Morgan fingerprint density at radius 2 is 1.19 bits per heavy atom. The molecule has 0 bridgehead atoms. The van der Waals surface area contributed by atoms with E-state index >= 15 is 0 Å². The van der Waals surface area contributed by atoms with Crippen molar-refractivity contribution in [2.75, 3.05) is 26.2 Å². The van der Waals surface area contributed by atoms with Gasteiger partial charge in [0, 0.05) is 25.9 Å². The van der Waals surface area contributed by atoms with Crippen LogP contribution in [0.25, 0.3) is 0 Å². The highest BCUT2D eigenvalue weighted by atomic mass is 16.4. The number of likely N-dealkylation sites (tertiary alicyclic amines) is 1. The van der Waals surface area contributed by atoms with Gasteiger partial charge in [0.05, 0.1) is 12.6 Å². The molecule has 1 fully saturated rings. The highest BCUT2D eigenvalue weighted by molar-refractivity contribution is 5.96. The number of nitrogens with zero attached hydrogens (tertiary/aromatic N) is 2. The van der Waals surface area contributed by atoms with E-state index in [-0.39, 0.29) is 75.5 Å². The summed E-state index contributed by atoms with van der Waals surface area (Å²) in [6.45, 7) is -0.0456. The number of carboxylic acids is 1. The maximum absolute atomic E-state index is 14.3. The zero-order chi connectivity index (χ0) is 48.9. The predicted molar refractivity (Wildman–Crippen MR) is 248 cm³/mol. The summed E-state index contributed by atoms with van der Waals surface area (Å²) in [7, 11) is 0. The normalized spacial score (nSPS) is 15.4. The van der Waals surface area contributed by atoms with Crippen molar-refractivity contribution in [1.82, 2.24) is 31.5 Å². The number of hydrogen-bond acceptors (Lipinski definition) is 12. The Labute approximate surface area is 388 Å². The minimum Gasteiger partial charge on any atom is -0.508 e.